The molecule has 5 nitrogen and oxygen atoms in total. The second kappa shape index (κ2) is 8.66. The van der Waals surface area contributed by atoms with Crippen molar-refractivity contribution in [2.24, 2.45) is 0 Å². The van der Waals surface area contributed by atoms with Gasteiger partial charge in [-0.3, -0.25) is 9.69 Å². The Labute approximate surface area is 186 Å². The molecule has 30 heavy (non-hydrogen) atoms. The normalized spacial score (nSPS) is 21.4. The number of aryl methyl sites for hydroxylation is 1. The molecule has 7 heteroatoms. The maximum atomic E-state index is 13.2. The molecule has 1 aliphatic carbocycles. The van der Waals surface area contributed by atoms with Gasteiger partial charge >= 0.3 is 0 Å². The number of hydrogen-bond donors (Lipinski definition) is 2. The van der Waals surface area contributed by atoms with Crippen molar-refractivity contribution in [1.29, 1.82) is 0 Å². The fourth-order valence-corrected chi connectivity index (χ4v) is 5.14. The van der Waals surface area contributed by atoms with Crippen LogP contribution in [-0.2, 0) is 17.6 Å². The molecule has 2 aromatic carbocycles. The smallest absolute Gasteiger partial charge is 0.227 e. The maximum Gasteiger partial charge on any atom is 0.227 e. The number of carbonyl (C=O) groups is 1. The van der Waals surface area contributed by atoms with Crippen molar-refractivity contribution in [1.82, 2.24) is 9.80 Å². The Bertz CT molecular complexity index is 960. The number of likely N-dealkylation sites (tertiary alicyclic amines) is 1. The van der Waals surface area contributed by atoms with E-state index in [1.54, 1.807) is 29.2 Å². The van der Waals surface area contributed by atoms with Crippen molar-refractivity contribution in [3.8, 4) is 11.5 Å². The first-order valence-electron chi connectivity index (χ1n) is 10.3. The minimum atomic E-state index is -0.186. The number of halogens is 2. The van der Waals surface area contributed by atoms with Crippen molar-refractivity contribution in [3.63, 3.8) is 0 Å². The highest BCUT2D eigenvalue weighted by molar-refractivity contribution is 6.42. The minimum absolute atomic E-state index is 0.0250. The molecule has 0 aromatic heterocycles. The second-order valence-corrected chi connectivity index (χ2v) is 9.08. The van der Waals surface area contributed by atoms with E-state index in [0.29, 0.717) is 10.0 Å². The van der Waals surface area contributed by atoms with Gasteiger partial charge in [-0.05, 0) is 79.7 Å². The molecule has 1 saturated heterocycles. The van der Waals surface area contributed by atoms with Gasteiger partial charge in [-0.2, -0.15) is 0 Å². The predicted molar refractivity (Wildman–Crippen MR) is 118 cm³/mol. The summed E-state index contributed by atoms with van der Waals surface area (Å²) in [6.07, 6.45) is 4.27. The summed E-state index contributed by atoms with van der Waals surface area (Å²) in [6.45, 7) is 2.05. The number of phenolic OH excluding ortho intramolecular Hbond substituents is 2. The second-order valence-electron chi connectivity index (χ2n) is 8.26. The molecule has 1 amide bonds. The third-order valence-corrected chi connectivity index (χ3v) is 7.13. The Morgan fingerprint density at radius 3 is 2.50 bits per heavy atom. The summed E-state index contributed by atoms with van der Waals surface area (Å²) >= 11 is 12.1. The molecule has 0 radical (unpaired) electrons. The van der Waals surface area contributed by atoms with Gasteiger partial charge in [0.2, 0.25) is 5.91 Å². The maximum absolute atomic E-state index is 13.2. The van der Waals surface area contributed by atoms with Crippen molar-refractivity contribution in [2.45, 2.75) is 44.2 Å². The van der Waals surface area contributed by atoms with E-state index < -0.39 is 0 Å². The van der Waals surface area contributed by atoms with Crippen LogP contribution in [0.2, 0.25) is 10.0 Å². The van der Waals surface area contributed by atoms with Crippen LogP contribution in [0.1, 0.15) is 42.0 Å². The van der Waals surface area contributed by atoms with E-state index in [1.165, 1.54) is 0 Å². The Hall–Kier alpha value is -1.95. The average molecular weight is 449 g/mol. The molecule has 2 N–H and O–H groups in total. The molecule has 1 aliphatic heterocycles. The molecule has 0 bridgehead atoms. The highest BCUT2D eigenvalue weighted by Gasteiger charge is 2.39. The van der Waals surface area contributed by atoms with E-state index >= 15 is 0 Å². The highest BCUT2D eigenvalue weighted by Crippen LogP contribution is 2.42. The van der Waals surface area contributed by atoms with Crippen molar-refractivity contribution < 1.29 is 15.0 Å². The number of phenols is 2. The largest absolute Gasteiger partial charge is 0.504 e. The van der Waals surface area contributed by atoms with Crippen LogP contribution in [0.5, 0.6) is 11.5 Å². The lowest BCUT2D eigenvalue weighted by Gasteiger charge is -2.43. The van der Waals surface area contributed by atoms with Crippen LogP contribution in [0.25, 0.3) is 0 Å². The van der Waals surface area contributed by atoms with Crippen LogP contribution in [-0.4, -0.2) is 52.1 Å². The number of benzene rings is 2. The van der Waals surface area contributed by atoms with Gasteiger partial charge in [0.05, 0.1) is 22.5 Å². The first kappa shape index (κ1) is 21.3. The summed E-state index contributed by atoms with van der Waals surface area (Å²) in [5.41, 5.74) is 2.71. The zero-order chi connectivity index (χ0) is 21.4. The van der Waals surface area contributed by atoms with Crippen LogP contribution in [0.15, 0.2) is 30.3 Å². The number of amides is 1. The quantitative estimate of drug-likeness (QED) is 0.672. The van der Waals surface area contributed by atoms with Gasteiger partial charge in [0.1, 0.15) is 0 Å². The summed E-state index contributed by atoms with van der Waals surface area (Å²) in [5.74, 6) is -0.286. The van der Waals surface area contributed by atoms with E-state index in [0.717, 1.165) is 55.5 Å². The van der Waals surface area contributed by atoms with Crippen molar-refractivity contribution >= 4 is 29.1 Å². The van der Waals surface area contributed by atoms with Crippen LogP contribution in [0.4, 0.5) is 0 Å². The van der Waals surface area contributed by atoms with Crippen LogP contribution >= 0.6 is 23.2 Å². The van der Waals surface area contributed by atoms with Gasteiger partial charge in [-0.25, -0.2) is 0 Å². The molecule has 2 aliphatic rings. The molecule has 1 heterocycles. The zero-order valence-corrected chi connectivity index (χ0v) is 18.5. The monoisotopic (exact) mass is 448 g/mol. The third kappa shape index (κ3) is 4.11. The average Bonchev–Trinajstić information content (AvgIpc) is 3.25. The topological polar surface area (TPSA) is 64.0 Å². The van der Waals surface area contributed by atoms with Gasteiger partial charge < -0.3 is 15.1 Å². The zero-order valence-electron chi connectivity index (χ0n) is 16.9. The molecule has 0 unspecified atom stereocenters. The number of fused-ring (bicyclic) bond motifs is 1. The van der Waals surface area contributed by atoms with Crippen LogP contribution < -0.4 is 0 Å². The van der Waals surface area contributed by atoms with E-state index in [4.69, 9.17) is 23.2 Å². The predicted octanol–water partition coefficient (Wildman–Crippen LogP) is 4.56. The number of likely N-dealkylation sites (N-methyl/N-ethyl adjacent to an activating group) is 1. The van der Waals surface area contributed by atoms with Crippen molar-refractivity contribution in [3.05, 3.63) is 57.1 Å². The van der Waals surface area contributed by atoms with Crippen molar-refractivity contribution in [2.75, 3.05) is 20.1 Å². The van der Waals surface area contributed by atoms with Crippen LogP contribution in [0.3, 0.4) is 0 Å². The summed E-state index contributed by atoms with van der Waals surface area (Å²) < 4.78 is 0. The Morgan fingerprint density at radius 1 is 1.10 bits per heavy atom. The van der Waals surface area contributed by atoms with Gasteiger partial charge in [0.25, 0.3) is 0 Å². The summed E-state index contributed by atoms with van der Waals surface area (Å²) in [6, 6.07) is 8.51. The lowest BCUT2D eigenvalue weighted by Crippen LogP contribution is -2.48. The number of aromatic hydroxyl groups is 2. The number of hydrogen-bond acceptors (Lipinski definition) is 4. The summed E-state index contributed by atoms with van der Waals surface area (Å²) in [7, 11) is 1.83. The molecule has 0 saturated carbocycles. The van der Waals surface area contributed by atoms with E-state index in [1.807, 2.05) is 13.1 Å². The Kier molecular flexibility index (Phi) is 6.14. The number of nitrogens with zero attached hydrogens (tertiary/aromatic N) is 2. The molecule has 0 spiro atoms. The van der Waals surface area contributed by atoms with Gasteiger partial charge in [-0.1, -0.05) is 29.3 Å². The molecule has 2 aromatic rings. The van der Waals surface area contributed by atoms with Crippen LogP contribution in [0, 0.1) is 0 Å². The fourth-order valence-electron chi connectivity index (χ4n) is 4.82. The minimum Gasteiger partial charge on any atom is -0.504 e. The Morgan fingerprint density at radius 2 is 1.80 bits per heavy atom. The van der Waals surface area contributed by atoms with Gasteiger partial charge in [-0.15, -0.1) is 0 Å². The lowest BCUT2D eigenvalue weighted by atomic mass is 9.82. The number of carbonyl (C=O) groups excluding carboxylic acids is 1. The van der Waals surface area contributed by atoms with Gasteiger partial charge in [0.15, 0.2) is 11.5 Å². The molecular weight excluding hydrogens is 423 g/mol. The third-order valence-electron chi connectivity index (χ3n) is 6.39. The highest BCUT2D eigenvalue weighted by atomic mass is 35.5. The molecule has 160 valence electrons. The van der Waals surface area contributed by atoms with E-state index in [2.05, 4.69) is 4.90 Å². The van der Waals surface area contributed by atoms with E-state index in [-0.39, 0.29) is 35.9 Å². The standard InChI is InChI=1S/C23H26Cl2N2O3/c1-26(22(30)11-14-4-6-17(24)18(25)10-14)23-16-13-21(29)20(28)12-15(16)5-7-19(23)27-8-2-3-9-27/h4,6,10,12-13,19,23,28-29H,2-3,5,7-9,11H2,1H3/t19-,23-/m1/s1. The molecular formula is C23H26Cl2N2O3. The SMILES string of the molecule is CN(C(=O)Cc1ccc(Cl)c(Cl)c1)[C@@H]1c2cc(O)c(O)cc2CC[C@H]1N1CCCC1. The summed E-state index contributed by atoms with van der Waals surface area (Å²) in [4.78, 5) is 17.5. The molecule has 4 rings (SSSR count). The first-order valence-corrected chi connectivity index (χ1v) is 11.1. The Balaban J connectivity index is 1.65. The van der Waals surface area contributed by atoms with Gasteiger partial charge in [0, 0.05) is 13.1 Å². The number of rotatable bonds is 4. The first-order chi connectivity index (χ1) is 14.3. The lowest BCUT2D eigenvalue weighted by molar-refractivity contribution is -0.133. The molecule has 1 fully saturated rings. The molecule has 2 atom stereocenters. The summed E-state index contributed by atoms with van der Waals surface area (Å²) in [5, 5.41) is 21.0. The van der Waals surface area contributed by atoms with E-state index in [9.17, 15) is 15.0 Å². The fraction of sp³-hybridized carbons (Fsp3) is 0.435.